The molecule has 124 valence electrons. The predicted molar refractivity (Wildman–Crippen MR) is 92.5 cm³/mol. The van der Waals surface area contributed by atoms with Crippen LogP contribution in [0, 0.1) is 11.8 Å². The van der Waals surface area contributed by atoms with E-state index in [-0.39, 0.29) is 16.8 Å². The molecule has 0 aromatic carbocycles. The lowest BCUT2D eigenvalue weighted by atomic mass is 10.0. The van der Waals surface area contributed by atoms with Crippen molar-refractivity contribution in [2.24, 2.45) is 11.8 Å². The summed E-state index contributed by atoms with van der Waals surface area (Å²) >= 11 is 3.53. The quantitative estimate of drug-likeness (QED) is 0.780. The lowest BCUT2D eigenvalue weighted by Crippen LogP contribution is -2.09. The first-order chi connectivity index (χ1) is 9.87. The van der Waals surface area contributed by atoms with E-state index in [1.54, 1.807) is 23.5 Å². The molecule has 0 amide bonds. The maximum atomic E-state index is 10.7. The lowest BCUT2D eigenvalue weighted by Gasteiger charge is -2.10. The van der Waals surface area contributed by atoms with Crippen LogP contribution in [-0.4, -0.2) is 32.4 Å². The van der Waals surface area contributed by atoms with Gasteiger partial charge in [0, 0.05) is 17.4 Å². The van der Waals surface area contributed by atoms with E-state index in [0.29, 0.717) is 16.4 Å². The minimum absolute atomic E-state index is 0.0788. The zero-order chi connectivity index (χ0) is 16.0. The fourth-order valence-corrected chi connectivity index (χ4v) is 5.92. The molecule has 2 aliphatic rings. The summed E-state index contributed by atoms with van der Waals surface area (Å²) in [5.41, 5.74) is 0.0346. The van der Waals surface area contributed by atoms with Crippen molar-refractivity contribution in [1.29, 1.82) is 0 Å². The summed E-state index contributed by atoms with van der Waals surface area (Å²) in [5, 5.41) is 10.5. The number of hydrogen-bond donors (Lipinski definition) is 1. The van der Waals surface area contributed by atoms with E-state index in [9.17, 15) is 4.79 Å². The second kappa shape index (κ2) is 9.31. The van der Waals surface area contributed by atoms with Gasteiger partial charge < -0.3 is 9.84 Å². The topological polar surface area (TPSA) is 46.5 Å². The van der Waals surface area contributed by atoms with Crippen LogP contribution < -0.4 is 0 Å². The molecule has 5 heteroatoms. The van der Waals surface area contributed by atoms with Gasteiger partial charge in [0.2, 0.25) is 0 Å². The van der Waals surface area contributed by atoms with Crippen LogP contribution >= 0.6 is 23.5 Å². The van der Waals surface area contributed by atoms with Crippen LogP contribution in [0.25, 0.3) is 0 Å². The molecule has 21 heavy (non-hydrogen) atoms. The number of ether oxygens (including phenoxy) is 1. The minimum Gasteiger partial charge on any atom is -0.451 e. The summed E-state index contributed by atoms with van der Waals surface area (Å²) in [7, 11) is 0. The number of aliphatic hydroxyl groups is 1. The van der Waals surface area contributed by atoms with Crippen LogP contribution in [0.5, 0.6) is 0 Å². The molecule has 2 saturated heterocycles. The van der Waals surface area contributed by atoms with Gasteiger partial charge in [-0.2, -0.15) is 0 Å². The molecule has 0 radical (unpaired) electrons. The molecule has 0 saturated carbocycles. The number of thioether (sulfide) groups is 2. The molecular weight excluding hydrogens is 304 g/mol. The first-order valence-corrected chi connectivity index (χ1v) is 9.92. The number of rotatable bonds is 3. The molecule has 0 aliphatic carbocycles. The average Bonchev–Trinajstić information content (AvgIpc) is 2.91. The predicted octanol–water partition coefficient (Wildman–Crippen LogP) is 4.28. The van der Waals surface area contributed by atoms with Gasteiger partial charge in [0.15, 0.2) is 0 Å². The Kier molecular flexibility index (Phi) is 8.50. The summed E-state index contributed by atoms with van der Waals surface area (Å²) < 4.78 is 5.14. The Morgan fingerprint density at radius 2 is 1.62 bits per heavy atom. The van der Waals surface area contributed by atoms with Crippen molar-refractivity contribution in [2.45, 2.75) is 81.7 Å². The molecular formula is C16H30O3S2. The van der Waals surface area contributed by atoms with E-state index < -0.39 is 0 Å². The Balaban J connectivity index is 0.000000219. The molecule has 1 N–H and O–H groups in total. The molecule has 0 spiro atoms. The van der Waals surface area contributed by atoms with E-state index in [2.05, 4.69) is 27.7 Å². The fourth-order valence-electron chi connectivity index (χ4n) is 2.96. The second-order valence-corrected chi connectivity index (χ2v) is 8.91. The summed E-state index contributed by atoms with van der Waals surface area (Å²) in [6.45, 7) is 10.3. The van der Waals surface area contributed by atoms with Gasteiger partial charge in [-0.3, -0.25) is 4.79 Å². The standard InChI is InChI=1S/C9H16O2S.C7H14OS/c1-4-8-6(2)5-9(12-8)11-7(3)10;1-3-6-5(2)4-7(8)9-6/h6,8-9H,4-5H2,1-3H3;5-8H,3-4H2,1-2H3/t6-,8+,9?;5-,6+,7?/m00/s1. The minimum atomic E-state index is -0.156. The average molecular weight is 335 g/mol. The first-order valence-electron chi connectivity index (χ1n) is 8.03. The van der Waals surface area contributed by atoms with Crippen molar-refractivity contribution in [3.05, 3.63) is 0 Å². The van der Waals surface area contributed by atoms with E-state index >= 15 is 0 Å². The largest absolute Gasteiger partial charge is 0.451 e. The number of hydrogen-bond acceptors (Lipinski definition) is 5. The summed E-state index contributed by atoms with van der Waals surface area (Å²) in [4.78, 5) is 10.7. The maximum absolute atomic E-state index is 10.7. The highest BCUT2D eigenvalue weighted by molar-refractivity contribution is 8.00. The fraction of sp³-hybridized carbons (Fsp3) is 0.938. The number of carbonyl (C=O) groups is 1. The number of aliphatic hydroxyl groups excluding tert-OH is 1. The van der Waals surface area contributed by atoms with E-state index in [1.807, 2.05) is 0 Å². The molecule has 0 aromatic heterocycles. The van der Waals surface area contributed by atoms with Crippen molar-refractivity contribution < 1.29 is 14.6 Å². The monoisotopic (exact) mass is 334 g/mol. The van der Waals surface area contributed by atoms with Crippen molar-refractivity contribution in [3.63, 3.8) is 0 Å². The molecule has 2 rings (SSSR count). The lowest BCUT2D eigenvalue weighted by molar-refractivity contribution is -0.142. The molecule has 0 bridgehead atoms. The zero-order valence-corrected chi connectivity index (χ0v) is 15.5. The highest BCUT2D eigenvalue weighted by Crippen LogP contribution is 2.40. The van der Waals surface area contributed by atoms with Gasteiger partial charge in [-0.1, -0.05) is 27.7 Å². The van der Waals surface area contributed by atoms with Gasteiger partial charge in [-0.25, -0.2) is 0 Å². The summed E-state index contributed by atoms with van der Waals surface area (Å²) in [6.07, 6.45) is 4.37. The SMILES string of the molecule is CC[C@H]1SC(O)C[C@@H]1C.CC[C@H]1SC(OC(C)=O)C[C@@H]1C. The molecule has 2 unspecified atom stereocenters. The number of carbonyl (C=O) groups excluding carboxylic acids is 1. The van der Waals surface area contributed by atoms with Crippen molar-refractivity contribution >= 4 is 29.5 Å². The van der Waals surface area contributed by atoms with Gasteiger partial charge in [0.25, 0.3) is 0 Å². The number of esters is 1. The smallest absolute Gasteiger partial charge is 0.303 e. The van der Waals surface area contributed by atoms with Crippen LogP contribution in [-0.2, 0) is 9.53 Å². The second-order valence-electron chi connectivity index (χ2n) is 6.09. The van der Waals surface area contributed by atoms with Crippen molar-refractivity contribution in [3.8, 4) is 0 Å². The van der Waals surface area contributed by atoms with Crippen LogP contribution in [0.15, 0.2) is 0 Å². The molecule has 2 fully saturated rings. The van der Waals surface area contributed by atoms with Crippen molar-refractivity contribution in [2.75, 3.05) is 0 Å². The van der Waals surface area contributed by atoms with Crippen LogP contribution in [0.4, 0.5) is 0 Å². The Morgan fingerprint density at radius 1 is 1.10 bits per heavy atom. The third-order valence-corrected chi connectivity index (χ3v) is 7.56. The Labute approximate surface area is 138 Å². The Bertz CT molecular complexity index is 325. The van der Waals surface area contributed by atoms with Gasteiger partial charge in [-0.05, 0) is 37.5 Å². The van der Waals surface area contributed by atoms with Crippen molar-refractivity contribution in [1.82, 2.24) is 0 Å². The molecule has 2 heterocycles. The maximum Gasteiger partial charge on any atom is 0.303 e. The van der Waals surface area contributed by atoms with Crippen LogP contribution in [0.2, 0.25) is 0 Å². The Morgan fingerprint density at radius 3 is 1.95 bits per heavy atom. The van der Waals surface area contributed by atoms with Gasteiger partial charge in [0.05, 0.1) is 5.44 Å². The molecule has 3 nitrogen and oxygen atoms in total. The summed E-state index contributed by atoms with van der Waals surface area (Å²) in [5.74, 6) is 1.25. The highest BCUT2D eigenvalue weighted by atomic mass is 32.2. The normalized spacial score (nSPS) is 38.8. The third kappa shape index (κ3) is 6.41. The molecule has 2 aliphatic heterocycles. The zero-order valence-electron chi connectivity index (χ0n) is 13.9. The molecule has 6 atom stereocenters. The third-order valence-electron chi connectivity index (χ3n) is 4.17. The van der Waals surface area contributed by atoms with Gasteiger partial charge in [-0.15, -0.1) is 23.5 Å². The van der Waals surface area contributed by atoms with E-state index in [0.717, 1.165) is 18.8 Å². The van der Waals surface area contributed by atoms with Crippen LogP contribution in [0.1, 0.15) is 60.3 Å². The van der Waals surface area contributed by atoms with Gasteiger partial charge in [0.1, 0.15) is 5.44 Å². The van der Waals surface area contributed by atoms with Crippen LogP contribution in [0.3, 0.4) is 0 Å². The first kappa shape index (κ1) is 19.2. The van der Waals surface area contributed by atoms with E-state index in [4.69, 9.17) is 9.84 Å². The Hall–Kier alpha value is 0.130. The molecule has 0 aromatic rings. The van der Waals surface area contributed by atoms with E-state index in [1.165, 1.54) is 19.8 Å². The van der Waals surface area contributed by atoms with Gasteiger partial charge >= 0.3 is 5.97 Å². The highest BCUT2D eigenvalue weighted by Gasteiger charge is 2.32. The summed E-state index contributed by atoms with van der Waals surface area (Å²) in [6, 6.07) is 0.